The van der Waals surface area contributed by atoms with Crippen molar-refractivity contribution in [2.45, 2.75) is 13.5 Å². The maximum Gasteiger partial charge on any atom is 0.336 e. The van der Waals surface area contributed by atoms with E-state index < -0.39 is 0 Å². The van der Waals surface area contributed by atoms with Gasteiger partial charge >= 0.3 is 5.63 Å². The smallest absolute Gasteiger partial charge is 0.336 e. The summed E-state index contributed by atoms with van der Waals surface area (Å²) in [6.45, 7) is 2.34. The molecule has 0 atom stereocenters. The molecule has 3 heteroatoms. The number of hydrogen-bond donors (Lipinski definition) is 1. The van der Waals surface area contributed by atoms with Gasteiger partial charge in [-0.25, -0.2) is 4.79 Å². The Bertz CT molecular complexity index is 528. The van der Waals surface area contributed by atoms with Gasteiger partial charge in [0.2, 0.25) is 0 Å². The number of aryl methyl sites for hydroxylation is 1. The molecular formula is C11H11NO2. The number of fused-ring (bicyclic) bond motifs is 1. The van der Waals surface area contributed by atoms with Crippen LogP contribution < -0.4 is 11.4 Å². The van der Waals surface area contributed by atoms with E-state index in [0.717, 1.165) is 16.5 Å². The molecule has 2 rings (SSSR count). The van der Waals surface area contributed by atoms with E-state index in [1.165, 1.54) is 6.07 Å². The second-order valence-corrected chi connectivity index (χ2v) is 3.29. The summed E-state index contributed by atoms with van der Waals surface area (Å²) in [4.78, 5) is 11.1. The van der Waals surface area contributed by atoms with Crippen molar-refractivity contribution in [3.63, 3.8) is 0 Å². The van der Waals surface area contributed by atoms with Crippen LogP contribution in [0.25, 0.3) is 11.0 Å². The van der Waals surface area contributed by atoms with Crippen LogP contribution in [0.3, 0.4) is 0 Å². The number of rotatable bonds is 1. The predicted molar refractivity (Wildman–Crippen MR) is 55.1 cm³/mol. The third-order valence-electron chi connectivity index (χ3n) is 2.20. The van der Waals surface area contributed by atoms with E-state index in [4.69, 9.17) is 10.2 Å². The molecule has 1 aromatic carbocycles. The van der Waals surface area contributed by atoms with Crippen LogP contribution in [0.4, 0.5) is 0 Å². The molecule has 0 aliphatic rings. The minimum atomic E-state index is -0.346. The van der Waals surface area contributed by atoms with E-state index in [1.807, 2.05) is 19.1 Å². The number of nitrogens with two attached hydrogens (primary N) is 1. The molecule has 0 radical (unpaired) electrons. The highest BCUT2D eigenvalue weighted by molar-refractivity contribution is 5.80. The average Bonchev–Trinajstić information content (AvgIpc) is 2.17. The highest BCUT2D eigenvalue weighted by Gasteiger charge is 2.03. The van der Waals surface area contributed by atoms with Gasteiger partial charge in [0.25, 0.3) is 0 Å². The van der Waals surface area contributed by atoms with Crippen molar-refractivity contribution in [1.29, 1.82) is 0 Å². The molecule has 1 heterocycles. The summed E-state index contributed by atoms with van der Waals surface area (Å²) in [5, 5.41) is 0.923. The lowest BCUT2D eigenvalue weighted by molar-refractivity contribution is 0.559. The number of benzene rings is 1. The van der Waals surface area contributed by atoms with Crippen LogP contribution in [0.2, 0.25) is 0 Å². The Morgan fingerprint density at radius 3 is 2.86 bits per heavy atom. The Morgan fingerprint density at radius 2 is 2.14 bits per heavy atom. The van der Waals surface area contributed by atoms with Crippen molar-refractivity contribution in [2.24, 2.45) is 5.73 Å². The van der Waals surface area contributed by atoms with Gasteiger partial charge in [0.15, 0.2) is 0 Å². The lowest BCUT2D eigenvalue weighted by atomic mass is 10.1. The summed E-state index contributed by atoms with van der Waals surface area (Å²) in [6.07, 6.45) is 0. The fourth-order valence-electron chi connectivity index (χ4n) is 1.51. The number of hydrogen-bond acceptors (Lipinski definition) is 3. The first kappa shape index (κ1) is 8.97. The van der Waals surface area contributed by atoms with Crippen molar-refractivity contribution >= 4 is 11.0 Å². The average molecular weight is 189 g/mol. The van der Waals surface area contributed by atoms with Gasteiger partial charge in [0, 0.05) is 18.0 Å². The minimum Gasteiger partial charge on any atom is -0.423 e. The summed E-state index contributed by atoms with van der Waals surface area (Å²) < 4.78 is 5.05. The molecule has 1 aromatic heterocycles. The van der Waals surface area contributed by atoms with Crippen molar-refractivity contribution < 1.29 is 4.42 Å². The van der Waals surface area contributed by atoms with Crippen LogP contribution in [0.1, 0.15) is 11.1 Å². The van der Waals surface area contributed by atoms with Gasteiger partial charge in [-0.1, -0.05) is 11.6 Å². The molecule has 0 aliphatic carbocycles. The van der Waals surface area contributed by atoms with Crippen LogP contribution >= 0.6 is 0 Å². The first-order valence-corrected chi connectivity index (χ1v) is 4.44. The molecular weight excluding hydrogens is 178 g/mol. The standard InChI is InChI=1S/C11H11NO2/c1-7-2-3-10-9(4-7)8(6-12)5-11(13)14-10/h2-5H,6,12H2,1H3. The maximum absolute atomic E-state index is 11.1. The molecule has 0 saturated carbocycles. The van der Waals surface area contributed by atoms with Gasteiger partial charge < -0.3 is 10.2 Å². The molecule has 72 valence electrons. The van der Waals surface area contributed by atoms with Crippen molar-refractivity contribution in [2.75, 3.05) is 0 Å². The quantitative estimate of drug-likeness (QED) is 0.692. The van der Waals surface area contributed by atoms with Crippen LogP contribution in [0.5, 0.6) is 0 Å². The lowest BCUT2D eigenvalue weighted by Gasteiger charge is -2.02. The zero-order chi connectivity index (χ0) is 10.1. The zero-order valence-electron chi connectivity index (χ0n) is 7.91. The van der Waals surface area contributed by atoms with Crippen LogP contribution in [-0.2, 0) is 6.54 Å². The lowest BCUT2D eigenvalue weighted by Crippen LogP contribution is -2.04. The summed E-state index contributed by atoms with van der Waals surface area (Å²) in [6, 6.07) is 7.12. The van der Waals surface area contributed by atoms with Crippen LogP contribution in [-0.4, -0.2) is 0 Å². The molecule has 0 aliphatic heterocycles. The Kier molecular flexibility index (Phi) is 2.09. The monoisotopic (exact) mass is 189 g/mol. The molecule has 0 amide bonds. The van der Waals surface area contributed by atoms with Gasteiger partial charge in [-0.15, -0.1) is 0 Å². The van der Waals surface area contributed by atoms with E-state index >= 15 is 0 Å². The Morgan fingerprint density at radius 1 is 1.36 bits per heavy atom. The molecule has 2 aromatic rings. The molecule has 14 heavy (non-hydrogen) atoms. The third kappa shape index (κ3) is 1.42. The van der Waals surface area contributed by atoms with E-state index in [9.17, 15) is 4.79 Å². The van der Waals surface area contributed by atoms with E-state index in [2.05, 4.69) is 0 Å². The second kappa shape index (κ2) is 3.27. The maximum atomic E-state index is 11.1. The minimum absolute atomic E-state index is 0.346. The predicted octanol–water partition coefficient (Wildman–Crippen LogP) is 1.56. The topological polar surface area (TPSA) is 56.2 Å². The molecule has 0 unspecified atom stereocenters. The van der Waals surface area contributed by atoms with Crippen molar-refractivity contribution in [3.8, 4) is 0 Å². The first-order chi connectivity index (χ1) is 6.70. The third-order valence-corrected chi connectivity index (χ3v) is 2.20. The zero-order valence-corrected chi connectivity index (χ0v) is 7.91. The summed E-state index contributed by atoms with van der Waals surface area (Å²) >= 11 is 0. The van der Waals surface area contributed by atoms with Gasteiger partial charge in [-0.2, -0.15) is 0 Å². The normalized spacial score (nSPS) is 10.7. The van der Waals surface area contributed by atoms with E-state index in [1.54, 1.807) is 6.07 Å². The summed E-state index contributed by atoms with van der Waals surface area (Å²) in [5.74, 6) is 0. The summed E-state index contributed by atoms with van der Waals surface area (Å²) in [7, 11) is 0. The van der Waals surface area contributed by atoms with Crippen molar-refractivity contribution in [3.05, 3.63) is 45.8 Å². The Labute approximate surface area is 81.1 Å². The molecule has 0 fully saturated rings. The van der Waals surface area contributed by atoms with E-state index in [-0.39, 0.29) is 5.63 Å². The van der Waals surface area contributed by atoms with Gasteiger partial charge in [0.05, 0.1) is 0 Å². The van der Waals surface area contributed by atoms with Crippen LogP contribution in [0, 0.1) is 6.92 Å². The molecule has 0 spiro atoms. The Hall–Kier alpha value is -1.61. The van der Waals surface area contributed by atoms with Crippen molar-refractivity contribution in [1.82, 2.24) is 0 Å². The van der Waals surface area contributed by atoms with Crippen LogP contribution in [0.15, 0.2) is 33.5 Å². The molecule has 2 N–H and O–H groups in total. The second-order valence-electron chi connectivity index (χ2n) is 3.29. The highest BCUT2D eigenvalue weighted by Crippen LogP contribution is 2.17. The van der Waals surface area contributed by atoms with Gasteiger partial charge in [-0.05, 0) is 24.6 Å². The first-order valence-electron chi connectivity index (χ1n) is 4.44. The fraction of sp³-hybridized carbons (Fsp3) is 0.182. The largest absolute Gasteiger partial charge is 0.423 e. The molecule has 3 nitrogen and oxygen atoms in total. The molecule has 0 bridgehead atoms. The fourth-order valence-corrected chi connectivity index (χ4v) is 1.51. The SMILES string of the molecule is Cc1ccc2oc(=O)cc(CN)c2c1. The van der Waals surface area contributed by atoms with Gasteiger partial charge in [0.1, 0.15) is 5.58 Å². The highest BCUT2D eigenvalue weighted by atomic mass is 16.4. The molecule has 0 saturated heterocycles. The van der Waals surface area contributed by atoms with E-state index in [0.29, 0.717) is 12.1 Å². The Balaban J connectivity index is 2.88. The van der Waals surface area contributed by atoms with Gasteiger partial charge in [-0.3, -0.25) is 0 Å². The summed E-state index contributed by atoms with van der Waals surface area (Å²) in [5.41, 5.74) is 7.77.